The Balaban J connectivity index is 1.81. The number of amides is 1. The molecule has 0 fully saturated rings. The molecule has 3 rings (SSSR count). The summed E-state index contributed by atoms with van der Waals surface area (Å²) in [5.41, 5.74) is 1.43. The third-order valence-corrected chi connectivity index (χ3v) is 6.22. The number of anilines is 1. The molecule has 0 radical (unpaired) electrons. The predicted molar refractivity (Wildman–Crippen MR) is 109 cm³/mol. The van der Waals surface area contributed by atoms with E-state index in [0.717, 1.165) is 5.56 Å². The Hall–Kier alpha value is -2.64. The maximum atomic E-state index is 12.7. The first-order chi connectivity index (χ1) is 13.0. The number of nitrogens with one attached hydrogen (secondary N) is 2. The fraction of sp³-hybridized carbons (Fsp3) is 0.0500. The van der Waals surface area contributed by atoms with Crippen molar-refractivity contribution in [1.82, 2.24) is 5.32 Å². The number of carbonyl (C=O) groups is 1. The molecule has 0 saturated carbocycles. The SMILES string of the molecule is O=C(NCc1ccccc1)c1ccccc1NS(=O)(=O)c1ccccc1Br. The number of rotatable bonds is 6. The molecule has 138 valence electrons. The molecule has 7 heteroatoms. The number of benzene rings is 3. The number of sulfonamides is 1. The molecule has 1 amide bonds. The van der Waals surface area contributed by atoms with Gasteiger partial charge in [0.15, 0.2) is 0 Å². The zero-order valence-electron chi connectivity index (χ0n) is 14.2. The van der Waals surface area contributed by atoms with Crippen LogP contribution in [0.5, 0.6) is 0 Å². The minimum absolute atomic E-state index is 0.101. The molecule has 0 aliphatic carbocycles. The lowest BCUT2D eigenvalue weighted by molar-refractivity contribution is 0.0952. The molecule has 0 aromatic heterocycles. The highest BCUT2D eigenvalue weighted by molar-refractivity contribution is 9.10. The summed E-state index contributed by atoms with van der Waals surface area (Å²) >= 11 is 3.25. The first kappa shape index (κ1) is 19.1. The Morgan fingerprint density at radius 3 is 2.22 bits per heavy atom. The molecule has 0 bridgehead atoms. The largest absolute Gasteiger partial charge is 0.348 e. The van der Waals surface area contributed by atoms with Gasteiger partial charge in [-0.05, 0) is 45.8 Å². The zero-order chi connectivity index (χ0) is 19.3. The van der Waals surface area contributed by atoms with E-state index in [4.69, 9.17) is 0 Å². The highest BCUT2D eigenvalue weighted by Crippen LogP contribution is 2.25. The van der Waals surface area contributed by atoms with Gasteiger partial charge < -0.3 is 5.32 Å². The fourth-order valence-electron chi connectivity index (χ4n) is 2.51. The van der Waals surface area contributed by atoms with Crippen LogP contribution in [0.2, 0.25) is 0 Å². The molecule has 5 nitrogen and oxygen atoms in total. The number of hydrogen-bond acceptors (Lipinski definition) is 3. The summed E-state index contributed by atoms with van der Waals surface area (Å²) in [6.07, 6.45) is 0. The van der Waals surface area contributed by atoms with Crippen molar-refractivity contribution in [2.75, 3.05) is 4.72 Å². The van der Waals surface area contributed by atoms with E-state index in [1.165, 1.54) is 6.07 Å². The molecule has 0 spiro atoms. The molecular formula is C20H17BrN2O3S. The van der Waals surface area contributed by atoms with E-state index >= 15 is 0 Å². The molecule has 0 heterocycles. The normalized spacial score (nSPS) is 11.0. The van der Waals surface area contributed by atoms with E-state index in [1.54, 1.807) is 42.5 Å². The molecule has 0 aliphatic rings. The third-order valence-electron chi connectivity index (χ3n) is 3.84. The topological polar surface area (TPSA) is 75.3 Å². The maximum Gasteiger partial charge on any atom is 0.263 e. The van der Waals surface area contributed by atoms with Gasteiger partial charge >= 0.3 is 0 Å². The summed E-state index contributed by atoms with van der Waals surface area (Å²) in [5, 5.41) is 2.81. The molecule has 27 heavy (non-hydrogen) atoms. The van der Waals surface area contributed by atoms with Crippen molar-refractivity contribution in [2.24, 2.45) is 0 Å². The number of para-hydroxylation sites is 1. The molecule has 3 aromatic carbocycles. The average molecular weight is 445 g/mol. The van der Waals surface area contributed by atoms with Crippen LogP contribution >= 0.6 is 15.9 Å². The van der Waals surface area contributed by atoms with Crippen LogP contribution in [0.15, 0.2) is 88.2 Å². The Kier molecular flexibility index (Phi) is 5.93. The Morgan fingerprint density at radius 2 is 1.48 bits per heavy atom. The second-order valence-corrected chi connectivity index (χ2v) is 8.25. The fourth-order valence-corrected chi connectivity index (χ4v) is 4.59. The van der Waals surface area contributed by atoms with Gasteiger partial charge in [-0.1, -0.05) is 54.6 Å². The van der Waals surface area contributed by atoms with Crippen LogP contribution in [0.1, 0.15) is 15.9 Å². The summed E-state index contributed by atoms with van der Waals surface area (Å²) in [6.45, 7) is 0.352. The van der Waals surface area contributed by atoms with Crippen LogP contribution in [0.3, 0.4) is 0 Å². The number of hydrogen-bond donors (Lipinski definition) is 2. The van der Waals surface area contributed by atoms with Crippen molar-refractivity contribution in [3.63, 3.8) is 0 Å². The molecule has 0 aliphatic heterocycles. The van der Waals surface area contributed by atoms with Gasteiger partial charge in [0.05, 0.1) is 11.3 Å². The van der Waals surface area contributed by atoms with Crippen molar-refractivity contribution in [3.8, 4) is 0 Å². The molecule has 0 atom stereocenters. The standard InChI is InChI=1S/C20H17BrN2O3S/c21-17-11-5-7-13-19(17)27(25,26)23-18-12-6-4-10-16(18)20(24)22-14-15-8-2-1-3-9-15/h1-13,23H,14H2,(H,22,24). The molecule has 3 aromatic rings. The van der Waals surface area contributed by atoms with Gasteiger partial charge in [-0.15, -0.1) is 0 Å². The van der Waals surface area contributed by atoms with Crippen LogP contribution in [-0.4, -0.2) is 14.3 Å². The van der Waals surface area contributed by atoms with Crippen molar-refractivity contribution in [1.29, 1.82) is 0 Å². The van der Waals surface area contributed by atoms with Crippen molar-refractivity contribution in [2.45, 2.75) is 11.4 Å². The third kappa shape index (κ3) is 4.75. The summed E-state index contributed by atoms with van der Waals surface area (Å²) < 4.78 is 28.4. The van der Waals surface area contributed by atoms with E-state index in [2.05, 4.69) is 26.0 Å². The van der Waals surface area contributed by atoms with Gasteiger partial charge in [-0.3, -0.25) is 9.52 Å². The van der Waals surface area contributed by atoms with Gasteiger partial charge in [-0.2, -0.15) is 0 Å². The number of halogens is 1. The Morgan fingerprint density at radius 1 is 0.852 bits per heavy atom. The molecule has 0 saturated heterocycles. The lowest BCUT2D eigenvalue weighted by Crippen LogP contribution is -2.25. The van der Waals surface area contributed by atoms with Crippen LogP contribution in [0.25, 0.3) is 0 Å². The van der Waals surface area contributed by atoms with Gasteiger partial charge in [0.25, 0.3) is 15.9 Å². The van der Waals surface area contributed by atoms with Crippen LogP contribution < -0.4 is 10.0 Å². The van der Waals surface area contributed by atoms with E-state index in [-0.39, 0.29) is 22.1 Å². The lowest BCUT2D eigenvalue weighted by atomic mass is 10.1. The first-order valence-corrected chi connectivity index (χ1v) is 10.4. The van der Waals surface area contributed by atoms with Crippen LogP contribution in [0, 0.1) is 0 Å². The van der Waals surface area contributed by atoms with E-state index < -0.39 is 10.0 Å². The lowest BCUT2D eigenvalue weighted by Gasteiger charge is -2.13. The van der Waals surface area contributed by atoms with Gasteiger partial charge in [0.1, 0.15) is 4.90 Å². The smallest absolute Gasteiger partial charge is 0.263 e. The summed E-state index contributed by atoms with van der Waals surface area (Å²) in [6, 6.07) is 22.5. The Labute approximate surface area is 166 Å². The number of carbonyl (C=O) groups excluding carboxylic acids is 1. The van der Waals surface area contributed by atoms with Crippen molar-refractivity contribution in [3.05, 3.63) is 94.5 Å². The summed E-state index contributed by atoms with van der Waals surface area (Å²) in [5.74, 6) is -0.357. The van der Waals surface area contributed by atoms with Crippen LogP contribution in [-0.2, 0) is 16.6 Å². The van der Waals surface area contributed by atoms with E-state index in [1.807, 2.05) is 30.3 Å². The minimum atomic E-state index is -3.84. The maximum absolute atomic E-state index is 12.7. The van der Waals surface area contributed by atoms with Gasteiger partial charge in [0.2, 0.25) is 0 Å². The van der Waals surface area contributed by atoms with Crippen LogP contribution in [0.4, 0.5) is 5.69 Å². The quantitative estimate of drug-likeness (QED) is 0.598. The summed E-state index contributed by atoms with van der Waals surface area (Å²) in [7, 11) is -3.84. The van der Waals surface area contributed by atoms with Gasteiger partial charge in [0, 0.05) is 11.0 Å². The highest BCUT2D eigenvalue weighted by Gasteiger charge is 2.20. The highest BCUT2D eigenvalue weighted by atomic mass is 79.9. The second-order valence-electron chi connectivity index (χ2n) is 5.75. The molecule has 2 N–H and O–H groups in total. The summed E-state index contributed by atoms with van der Waals surface area (Å²) in [4.78, 5) is 12.7. The second kappa shape index (κ2) is 8.37. The minimum Gasteiger partial charge on any atom is -0.348 e. The monoisotopic (exact) mass is 444 g/mol. The zero-order valence-corrected chi connectivity index (χ0v) is 16.6. The van der Waals surface area contributed by atoms with Crippen molar-refractivity contribution >= 4 is 37.5 Å². The van der Waals surface area contributed by atoms with Gasteiger partial charge in [-0.25, -0.2) is 8.42 Å². The Bertz CT molecular complexity index is 1050. The van der Waals surface area contributed by atoms with E-state index in [0.29, 0.717) is 11.0 Å². The molecular weight excluding hydrogens is 428 g/mol. The molecule has 0 unspecified atom stereocenters. The van der Waals surface area contributed by atoms with E-state index in [9.17, 15) is 13.2 Å². The first-order valence-electron chi connectivity index (χ1n) is 8.16. The van der Waals surface area contributed by atoms with Crippen molar-refractivity contribution < 1.29 is 13.2 Å². The average Bonchev–Trinajstić information content (AvgIpc) is 2.67. The predicted octanol–water partition coefficient (Wildman–Crippen LogP) is 4.18.